The number of Topliss-reactive ketones (excluding diaryl/α,β-unsaturated/α-hetero) is 1. The topological polar surface area (TPSA) is 43.1 Å². The zero-order valence-electron chi connectivity index (χ0n) is 11.5. The first-order valence-electron chi connectivity index (χ1n) is 6.79. The van der Waals surface area contributed by atoms with Crippen LogP contribution in [0.5, 0.6) is 0 Å². The van der Waals surface area contributed by atoms with Gasteiger partial charge in [0.25, 0.3) is 0 Å². The van der Waals surface area contributed by atoms with Crippen LogP contribution < -0.4 is 5.73 Å². The fourth-order valence-electron chi connectivity index (χ4n) is 2.15. The van der Waals surface area contributed by atoms with Crippen molar-refractivity contribution in [2.45, 2.75) is 59.8 Å². The summed E-state index contributed by atoms with van der Waals surface area (Å²) in [4.78, 5) is 12.1. The number of carbonyl (C=O) groups is 1. The molecule has 0 saturated carbocycles. The Morgan fingerprint density at radius 2 is 1.88 bits per heavy atom. The molecule has 0 saturated heterocycles. The van der Waals surface area contributed by atoms with Crippen molar-refractivity contribution in [2.24, 2.45) is 23.5 Å². The van der Waals surface area contributed by atoms with Gasteiger partial charge >= 0.3 is 0 Å². The fourth-order valence-corrected chi connectivity index (χ4v) is 2.15. The second-order valence-electron chi connectivity index (χ2n) is 5.17. The van der Waals surface area contributed by atoms with Crippen LogP contribution in [0, 0.1) is 17.8 Å². The average molecular weight is 227 g/mol. The molecule has 2 nitrogen and oxygen atoms in total. The lowest BCUT2D eigenvalue weighted by atomic mass is 9.84. The summed E-state index contributed by atoms with van der Waals surface area (Å²) in [5, 5.41) is 0. The molecule has 0 heterocycles. The normalized spacial score (nSPS) is 15.1. The molecule has 16 heavy (non-hydrogen) atoms. The van der Waals surface area contributed by atoms with Gasteiger partial charge in [0.2, 0.25) is 0 Å². The molecule has 0 spiro atoms. The highest BCUT2D eigenvalue weighted by molar-refractivity contribution is 5.81. The molecule has 2 atom stereocenters. The molecule has 2 heteroatoms. The molecule has 0 aromatic carbocycles. The largest absolute Gasteiger partial charge is 0.330 e. The summed E-state index contributed by atoms with van der Waals surface area (Å²) >= 11 is 0. The number of nitrogens with two attached hydrogens (primary N) is 1. The van der Waals surface area contributed by atoms with Crippen molar-refractivity contribution in [3.63, 3.8) is 0 Å². The van der Waals surface area contributed by atoms with E-state index in [0.29, 0.717) is 24.2 Å². The Hall–Kier alpha value is -0.370. The van der Waals surface area contributed by atoms with Crippen molar-refractivity contribution in [1.82, 2.24) is 0 Å². The van der Waals surface area contributed by atoms with E-state index < -0.39 is 0 Å². The van der Waals surface area contributed by atoms with E-state index in [1.807, 2.05) is 0 Å². The third-order valence-electron chi connectivity index (χ3n) is 3.51. The second-order valence-corrected chi connectivity index (χ2v) is 5.17. The lowest BCUT2D eigenvalue weighted by molar-refractivity contribution is -0.124. The van der Waals surface area contributed by atoms with Crippen LogP contribution in [0.3, 0.4) is 0 Å². The number of unbranched alkanes of at least 4 members (excludes halogenated alkanes) is 1. The SMILES string of the molecule is CCCCC(CC)CC(=O)C(CN)C(C)C. The Bertz CT molecular complexity index is 189. The van der Waals surface area contributed by atoms with E-state index in [9.17, 15) is 4.79 Å². The lowest BCUT2D eigenvalue weighted by Gasteiger charge is -2.21. The van der Waals surface area contributed by atoms with Crippen LogP contribution in [0.2, 0.25) is 0 Å². The van der Waals surface area contributed by atoms with Gasteiger partial charge in [0.15, 0.2) is 0 Å². The summed E-state index contributed by atoms with van der Waals surface area (Å²) in [7, 11) is 0. The van der Waals surface area contributed by atoms with Crippen LogP contribution in [0.15, 0.2) is 0 Å². The van der Waals surface area contributed by atoms with Gasteiger partial charge in [-0.2, -0.15) is 0 Å². The molecule has 0 bridgehead atoms. The van der Waals surface area contributed by atoms with Crippen molar-refractivity contribution in [3.05, 3.63) is 0 Å². The molecule has 0 amide bonds. The van der Waals surface area contributed by atoms with E-state index in [4.69, 9.17) is 5.73 Å². The molecule has 0 aromatic rings. The van der Waals surface area contributed by atoms with Crippen molar-refractivity contribution >= 4 is 5.78 Å². The Morgan fingerprint density at radius 1 is 1.25 bits per heavy atom. The summed E-state index contributed by atoms with van der Waals surface area (Å²) in [5.41, 5.74) is 5.67. The van der Waals surface area contributed by atoms with Gasteiger partial charge in [-0.05, 0) is 11.8 Å². The van der Waals surface area contributed by atoms with Gasteiger partial charge in [-0.1, -0.05) is 53.4 Å². The second kappa shape index (κ2) is 8.74. The quantitative estimate of drug-likeness (QED) is 0.656. The molecule has 0 fully saturated rings. The molecule has 0 aliphatic rings. The van der Waals surface area contributed by atoms with E-state index in [0.717, 1.165) is 12.8 Å². The molecule has 0 aliphatic heterocycles. The van der Waals surface area contributed by atoms with Gasteiger partial charge in [0.1, 0.15) is 5.78 Å². The van der Waals surface area contributed by atoms with Crippen molar-refractivity contribution in [1.29, 1.82) is 0 Å². The van der Waals surface area contributed by atoms with E-state index >= 15 is 0 Å². The molecule has 0 rings (SSSR count). The predicted octanol–water partition coefficient (Wildman–Crippen LogP) is 3.39. The summed E-state index contributed by atoms with van der Waals surface area (Å²) in [5.74, 6) is 1.39. The van der Waals surface area contributed by atoms with Gasteiger partial charge in [-0.15, -0.1) is 0 Å². The average Bonchev–Trinajstić information content (AvgIpc) is 2.24. The molecule has 0 aliphatic carbocycles. The highest BCUT2D eigenvalue weighted by atomic mass is 16.1. The third kappa shape index (κ3) is 5.64. The van der Waals surface area contributed by atoms with E-state index in [-0.39, 0.29) is 5.92 Å². The van der Waals surface area contributed by atoms with Gasteiger partial charge in [-0.3, -0.25) is 4.79 Å². The first-order valence-corrected chi connectivity index (χ1v) is 6.79. The minimum atomic E-state index is 0.0654. The predicted molar refractivity (Wildman–Crippen MR) is 70.3 cm³/mol. The smallest absolute Gasteiger partial charge is 0.137 e. The first kappa shape index (κ1) is 15.6. The van der Waals surface area contributed by atoms with E-state index in [1.165, 1.54) is 19.3 Å². The third-order valence-corrected chi connectivity index (χ3v) is 3.51. The molecular weight excluding hydrogens is 198 g/mol. The molecule has 96 valence electrons. The summed E-state index contributed by atoms with van der Waals surface area (Å²) in [6, 6.07) is 0. The maximum absolute atomic E-state index is 12.1. The van der Waals surface area contributed by atoms with Crippen molar-refractivity contribution in [3.8, 4) is 0 Å². The minimum Gasteiger partial charge on any atom is -0.330 e. The van der Waals surface area contributed by atoms with Crippen LogP contribution >= 0.6 is 0 Å². The van der Waals surface area contributed by atoms with Crippen molar-refractivity contribution in [2.75, 3.05) is 6.54 Å². The van der Waals surface area contributed by atoms with Crippen LogP contribution in [0.4, 0.5) is 0 Å². The standard InChI is InChI=1S/C14H29NO/c1-5-7-8-12(6-2)9-14(16)13(10-15)11(3)4/h11-13H,5-10,15H2,1-4H3. The van der Waals surface area contributed by atoms with E-state index in [1.54, 1.807) is 0 Å². The number of rotatable bonds is 9. The fraction of sp³-hybridized carbons (Fsp3) is 0.929. The summed E-state index contributed by atoms with van der Waals surface area (Å²) in [6.45, 7) is 9.05. The molecule has 0 aromatic heterocycles. The minimum absolute atomic E-state index is 0.0654. The lowest BCUT2D eigenvalue weighted by Crippen LogP contribution is -2.29. The van der Waals surface area contributed by atoms with Gasteiger partial charge in [-0.25, -0.2) is 0 Å². The Morgan fingerprint density at radius 3 is 2.25 bits per heavy atom. The number of hydrogen-bond donors (Lipinski definition) is 1. The highest BCUT2D eigenvalue weighted by Gasteiger charge is 2.22. The highest BCUT2D eigenvalue weighted by Crippen LogP contribution is 2.21. The summed E-state index contributed by atoms with van der Waals surface area (Å²) < 4.78 is 0. The monoisotopic (exact) mass is 227 g/mol. The molecular formula is C14H29NO. The first-order chi connectivity index (χ1) is 7.56. The van der Waals surface area contributed by atoms with Crippen LogP contribution in [-0.4, -0.2) is 12.3 Å². The van der Waals surface area contributed by atoms with Crippen LogP contribution in [0.25, 0.3) is 0 Å². The maximum Gasteiger partial charge on any atom is 0.137 e. The Balaban J connectivity index is 4.16. The number of ketones is 1. The zero-order chi connectivity index (χ0) is 12.6. The maximum atomic E-state index is 12.1. The Labute approximate surface area is 101 Å². The van der Waals surface area contributed by atoms with Crippen LogP contribution in [-0.2, 0) is 4.79 Å². The van der Waals surface area contributed by atoms with Gasteiger partial charge in [0, 0.05) is 18.9 Å². The van der Waals surface area contributed by atoms with E-state index in [2.05, 4.69) is 27.7 Å². The van der Waals surface area contributed by atoms with Crippen LogP contribution in [0.1, 0.15) is 59.8 Å². The van der Waals surface area contributed by atoms with Crippen molar-refractivity contribution < 1.29 is 4.79 Å². The number of carbonyl (C=O) groups excluding carboxylic acids is 1. The van der Waals surface area contributed by atoms with Gasteiger partial charge < -0.3 is 5.73 Å². The molecule has 2 N–H and O–H groups in total. The molecule has 2 unspecified atom stereocenters. The zero-order valence-corrected chi connectivity index (χ0v) is 11.5. The number of hydrogen-bond acceptors (Lipinski definition) is 2. The Kier molecular flexibility index (Phi) is 8.54. The van der Waals surface area contributed by atoms with Gasteiger partial charge in [0.05, 0.1) is 0 Å². The molecule has 0 radical (unpaired) electrons. The summed E-state index contributed by atoms with van der Waals surface area (Å²) in [6.07, 6.45) is 5.49.